The van der Waals surface area contributed by atoms with E-state index in [1.54, 1.807) is 18.2 Å². The molecule has 34 heavy (non-hydrogen) atoms. The van der Waals surface area contributed by atoms with E-state index < -0.39 is 17.4 Å². The molecule has 1 amide bonds. The Morgan fingerprint density at radius 2 is 1.82 bits per heavy atom. The number of hydrogen-bond acceptors (Lipinski definition) is 4. The van der Waals surface area contributed by atoms with Crippen molar-refractivity contribution in [2.45, 2.75) is 18.5 Å². The van der Waals surface area contributed by atoms with Gasteiger partial charge >= 0.3 is 5.97 Å². The molecule has 1 aromatic heterocycles. The molecule has 7 heteroatoms. The Labute approximate surface area is 202 Å². The molecule has 0 radical (unpaired) electrons. The van der Waals surface area contributed by atoms with Gasteiger partial charge in [0.2, 0.25) is 5.54 Å². The third-order valence-electron chi connectivity index (χ3n) is 6.45. The van der Waals surface area contributed by atoms with Crippen LogP contribution in [0.15, 0.2) is 79.0 Å². The van der Waals surface area contributed by atoms with Gasteiger partial charge in [0.1, 0.15) is 0 Å². The highest BCUT2D eigenvalue weighted by Crippen LogP contribution is 2.43. The van der Waals surface area contributed by atoms with Gasteiger partial charge in [-0.25, -0.2) is 4.79 Å². The lowest BCUT2D eigenvalue weighted by Crippen LogP contribution is -2.57. The van der Waals surface area contributed by atoms with Gasteiger partial charge in [-0.2, -0.15) is 0 Å². The average molecular weight is 474 g/mol. The summed E-state index contributed by atoms with van der Waals surface area (Å²) < 4.78 is 5.24. The van der Waals surface area contributed by atoms with Gasteiger partial charge in [-0.15, -0.1) is 0 Å². The Hall–Kier alpha value is -3.61. The first-order valence-electron chi connectivity index (χ1n) is 11.1. The number of H-pyrrole nitrogens is 1. The van der Waals surface area contributed by atoms with Crippen molar-refractivity contribution in [2.24, 2.45) is 0 Å². The molecule has 1 aliphatic heterocycles. The molecular formula is C27H24ClN3O3. The Bertz CT molecular complexity index is 1360. The number of methoxy groups -OCH3 is 1. The monoisotopic (exact) mass is 473 g/mol. The molecule has 1 atom stereocenters. The maximum Gasteiger partial charge on any atom is 0.341 e. The summed E-state index contributed by atoms with van der Waals surface area (Å²) >= 11 is 6.32. The van der Waals surface area contributed by atoms with Crippen LogP contribution in [0.2, 0.25) is 5.02 Å². The number of halogens is 1. The van der Waals surface area contributed by atoms with Crippen molar-refractivity contribution in [3.05, 3.63) is 101 Å². The zero-order chi connectivity index (χ0) is 23.7. The summed E-state index contributed by atoms with van der Waals surface area (Å²) in [7, 11) is 1.31. The number of carbonyl (C=O) groups is 2. The van der Waals surface area contributed by atoms with Crippen molar-refractivity contribution in [1.82, 2.24) is 9.88 Å². The minimum Gasteiger partial charge on any atom is -0.467 e. The van der Waals surface area contributed by atoms with Crippen LogP contribution >= 0.6 is 11.6 Å². The van der Waals surface area contributed by atoms with Gasteiger partial charge in [-0.05, 0) is 41.8 Å². The summed E-state index contributed by atoms with van der Waals surface area (Å²) in [5, 5.41) is 4.44. The number of para-hydroxylation sites is 1. The minimum atomic E-state index is -1.66. The maximum atomic E-state index is 13.6. The molecule has 0 bridgehead atoms. The van der Waals surface area contributed by atoms with E-state index in [0.717, 1.165) is 22.0 Å². The molecule has 2 heterocycles. The van der Waals surface area contributed by atoms with Crippen LogP contribution in [-0.4, -0.2) is 35.4 Å². The number of aromatic nitrogens is 1. The van der Waals surface area contributed by atoms with Crippen molar-refractivity contribution in [3.63, 3.8) is 0 Å². The fraction of sp³-hybridized carbons (Fsp3) is 0.185. The second kappa shape index (κ2) is 8.97. The molecule has 3 aromatic carbocycles. The number of anilines is 1. The van der Waals surface area contributed by atoms with E-state index in [1.165, 1.54) is 7.11 Å². The van der Waals surface area contributed by atoms with Crippen LogP contribution in [0.1, 0.15) is 16.7 Å². The highest BCUT2D eigenvalue weighted by molar-refractivity contribution is 6.31. The fourth-order valence-corrected chi connectivity index (χ4v) is 4.99. The van der Waals surface area contributed by atoms with Gasteiger partial charge in [0, 0.05) is 46.5 Å². The molecule has 4 aromatic rings. The smallest absolute Gasteiger partial charge is 0.341 e. The van der Waals surface area contributed by atoms with Gasteiger partial charge < -0.3 is 15.0 Å². The second-order valence-corrected chi connectivity index (χ2v) is 8.80. The number of esters is 1. The Kier molecular flexibility index (Phi) is 5.86. The number of nitrogens with one attached hydrogen (secondary N) is 2. The number of benzene rings is 3. The third kappa shape index (κ3) is 3.65. The first kappa shape index (κ1) is 22.2. The Balaban J connectivity index is 1.61. The molecule has 5 rings (SSSR count). The summed E-state index contributed by atoms with van der Waals surface area (Å²) in [5.41, 5.74) is 2.55. The second-order valence-electron chi connectivity index (χ2n) is 8.36. The quantitative estimate of drug-likeness (QED) is 0.296. The van der Waals surface area contributed by atoms with E-state index in [1.807, 2.05) is 59.6 Å². The van der Waals surface area contributed by atoms with E-state index in [2.05, 4.69) is 16.4 Å². The standard InChI is InChI=1S/C27H24ClN3O3/c1-34-26(33)27(22-15-20(28)11-12-24(22)30-25(27)32)31(17-18-7-3-2-4-8-18)14-13-19-16-29-23-10-6-5-9-21(19)23/h2-12,15-16,29H,13-14,17H2,1H3,(H,30,32). The van der Waals surface area contributed by atoms with Gasteiger partial charge in [-0.1, -0.05) is 60.1 Å². The van der Waals surface area contributed by atoms with Crippen molar-refractivity contribution < 1.29 is 14.3 Å². The van der Waals surface area contributed by atoms with Crippen LogP contribution < -0.4 is 5.32 Å². The molecule has 172 valence electrons. The first-order valence-corrected chi connectivity index (χ1v) is 11.5. The third-order valence-corrected chi connectivity index (χ3v) is 6.68. The maximum absolute atomic E-state index is 13.6. The SMILES string of the molecule is COC(=O)C1(N(CCc2c[nH]c3ccccc23)Cc2ccccc2)C(=O)Nc2ccc(Cl)cc21. The topological polar surface area (TPSA) is 74.4 Å². The lowest BCUT2D eigenvalue weighted by atomic mass is 9.88. The van der Waals surface area contributed by atoms with Crippen LogP contribution in [0.5, 0.6) is 0 Å². The van der Waals surface area contributed by atoms with Crippen molar-refractivity contribution >= 4 is 40.1 Å². The number of hydrogen-bond donors (Lipinski definition) is 2. The number of nitrogens with zero attached hydrogens (tertiary/aromatic N) is 1. The predicted octanol–water partition coefficient (Wildman–Crippen LogP) is 4.89. The van der Waals surface area contributed by atoms with Gasteiger partial charge in [0.25, 0.3) is 5.91 Å². The first-order chi connectivity index (χ1) is 16.5. The largest absolute Gasteiger partial charge is 0.467 e. The number of amides is 1. The van der Waals surface area contributed by atoms with E-state index in [9.17, 15) is 9.59 Å². The predicted molar refractivity (Wildman–Crippen MR) is 133 cm³/mol. The van der Waals surface area contributed by atoms with E-state index >= 15 is 0 Å². The summed E-state index contributed by atoms with van der Waals surface area (Å²) in [6.07, 6.45) is 2.61. The summed E-state index contributed by atoms with van der Waals surface area (Å²) in [4.78, 5) is 32.2. The lowest BCUT2D eigenvalue weighted by Gasteiger charge is -2.37. The summed E-state index contributed by atoms with van der Waals surface area (Å²) in [6, 6.07) is 23.0. The van der Waals surface area contributed by atoms with Crippen molar-refractivity contribution in [2.75, 3.05) is 19.0 Å². The average Bonchev–Trinajstić information content (AvgIpc) is 3.40. The molecule has 1 unspecified atom stereocenters. The molecule has 1 aliphatic rings. The molecule has 2 N–H and O–H groups in total. The number of ether oxygens (including phenoxy) is 1. The zero-order valence-corrected chi connectivity index (χ0v) is 19.4. The zero-order valence-electron chi connectivity index (χ0n) is 18.7. The Morgan fingerprint density at radius 3 is 2.62 bits per heavy atom. The number of rotatable bonds is 7. The van der Waals surface area contributed by atoms with Crippen LogP contribution in [-0.2, 0) is 32.8 Å². The van der Waals surface area contributed by atoms with Crippen LogP contribution in [0.3, 0.4) is 0 Å². The van der Waals surface area contributed by atoms with Crippen molar-refractivity contribution in [3.8, 4) is 0 Å². The number of fused-ring (bicyclic) bond motifs is 2. The molecule has 0 aliphatic carbocycles. The van der Waals surface area contributed by atoms with Gasteiger partial charge in [-0.3, -0.25) is 9.69 Å². The van der Waals surface area contributed by atoms with E-state index in [4.69, 9.17) is 16.3 Å². The summed E-state index contributed by atoms with van der Waals surface area (Å²) in [5.74, 6) is -1.08. The Morgan fingerprint density at radius 1 is 1.06 bits per heavy atom. The normalized spacial score (nSPS) is 17.1. The van der Waals surface area contributed by atoms with E-state index in [0.29, 0.717) is 35.8 Å². The molecule has 0 saturated carbocycles. The minimum absolute atomic E-state index is 0.373. The molecule has 0 spiro atoms. The molecule has 6 nitrogen and oxygen atoms in total. The number of aromatic amines is 1. The van der Waals surface area contributed by atoms with Gasteiger partial charge in [0.15, 0.2) is 0 Å². The van der Waals surface area contributed by atoms with Crippen LogP contribution in [0.25, 0.3) is 10.9 Å². The van der Waals surface area contributed by atoms with E-state index in [-0.39, 0.29) is 0 Å². The molecule has 0 fully saturated rings. The molecule has 0 saturated heterocycles. The lowest BCUT2D eigenvalue weighted by molar-refractivity contribution is -0.161. The summed E-state index contributed by atoms with van der Waals surface area (Å²) in [6.45, 7) is 0.808. The molecular weight excluding hydrogens is 450 g/mol. The highest BCUT2D eigenvalue weighted by atomic mass is 35.5. The van der Waals surface area contributed by atoms with Crippen molar-refractivity contribution in [1.29, 1.82) is 0 Å². The van der Waals surface area contributed by atoms with Crippen LogP contribution in [0.4, 0.5) is 5.69 Å². The fourth-order valence-electron chi connectivity index (χ4n) is 4.82. The van der Waals surface area contributed by atoms with Gasteiger partial charge in [0.05, 0.1) is 7.11 Å². The number of carbonyl (C=O) groups excluding carboxylic acids is 2. The van der Waals surface area contributed by atoms with Crippen LogP contribution in [0, 0.1) is 0 Å². The highest BCUT2D eigenvalue weighted by Gasteiger charge is 2.58.